The van der Waals surface area contributed by atoms with Gasteiger partial charge in [-0.2, -0.15) is 0 Å². The van der Waals surface area contributed by atoms with Crippen molar-refractivity contribution in [2.75, 3.05) is 0 Å². The first-order valence-electron chi connectivity index (χ1n) is 20.5. The lowest BCUT2D eigenvalue weighted by Crippen LogP contribution is -2.18. The summed E-state index contributed by atoms with van der Waals surface area (Å²) in [6.45, 7) is 28.1. The predicted molar refractivity (Wildman–Crippen MR) is 244 cm³/mol. The van der Waals surface area contributed by atoms with E-state index in [9.17, 15) is 13.2 Å². The van der Waals surface area contributed by atoms with Crippen molar-refractivity contribution in [1.82, 2.24) is 0 Å². The summed E-state index contributed by atoms with van der Waals surface area (Å²) in [6, 6.07) is 40.9. The molecule has 58 heavy (non-hydrogen) atoms. The van der Waals surface area contributed by atoms with Crippen LogP contribution in [-0.4, -0.2) is 14.2 Å². The SMILES string of the molecule is CC.CC.CC.CC.Cc1ccc(C(=O)c2ccc(Oc3ccc(C(C)(C)c4ccc(Oc5ccc(S(=O)(=O)c6ccc(C)c(C)c6)cc5C)cc4)cc3)cc2)cc1. The van der Waals surface area contributed by atoms with Gasteiger partial charge in [0.25, 0.3) is 0 Å². The number of carbonyl (C=O) groups excluding carboxylic acids is 1. The monoisotopic (exact) mass is 800 g/mol. The Hall–Kier alpha value is -5.46. The number of hydrogen-bond donors (Lipinski definition) is 0. The highest BCUT2D eigenvalue weighted by Crippen LogP contribution is 2.36. The van der Waals surface area contributed by atoms with Gasteiger partial charge in [0.2, 0.25) is 9.84 Å². The van der Waals surface area contributed by atoms with Gasteiger partial charge in [-0.25, -0.2) is 8.42 Å². The Labute approximate surface area is 350 Å². The van der Waals surface area contributed by atoms with E-state index in [2.05, 4.69) is 26.0 Å². The van der Waals surface area contributed by atoms with Gasteiger partial charge in [0.1, 0.15) is 23.0 Å². The summed E-state index contributed by atoms with van der Waals surface area (Å²) >= 11 is 0. The molecule has 6 aromatic carbocycles. The average molecular weight is 801 g/mol. The first-order valence-corrected chi connectivity index (χ1v) is 22.0. The Bertz CT molecular complexity index is 2270. The topological polar surface area (TPSA) is 69.7 Å². The van der Waals surface area contributed by atoms with E-state index in [-0.39, 0.29) is 21.0 Å². The van der Waals surface area contributed by atoms with E-state index < -0.39 is 9.84 Å². The van der Waals surface area contributed by atoms with Crippen LogP contribution < -0.4 is 9.47 Å². The van der Waals surface area contributed by atoms with Crippen molar-refractivity contribution in [1.29, 1.82) is 0 Å². The van der Waals surface area contributed by atoms with Gasteiger partial charge in [-0.3, -0.25) is 4.79 Å². The molecule has 308 valence electrons. The summed E-state index contributed by atoms with van der Waals surface area (Å²) in [5.41, 5.74) is 7.04. The van der Waals surface area contributed by atoms with Crippen LogP contribution in [-0.2, 0) is 15.3 Å². The molecule has 6 aromatic rings. The molecule has 0 fully saturated rings. The molecule has 0 N–H and O–H groups in total. The second kappa shape index (κ2) is 23.1. The molecule has 0 atom stereocenters. The molecule has 0 spiro atoms. The zero-order chi connectivity index (χ0) is 43.6. The van der Waals surface area contributed by atoms with Gasteiger partial charge >= 0.3 is 0 Å². The van der Waals surface area contributed by atoms with E-state index in [4.69, 9.17) is 9.47 Å². The lowest BCUT2D eigenvalue weighted by Gasteiger charge is -2.26. The maximum atomic E-state index is 13.3. The first kappa shape index (κ1) is 48.7. The zero-order valence-electron chi connectivity index (χ0n) is 37.2. The molecule has 0 bridgehead atoms. The number of sulfone groups is 1. The van der Waals surface area contributed by atoms with Crippen molar-refractivity contribution in [3.05, 3.63) is 178 Å². The maximum Gasteiger partial charge on any atom is 0.206 e. The van der Waals surface area contributed by atoms with E-state index in [0.29, 0.717) is 34.1 Å². The van der Waals surface area contributed by atoms with Gasteiger partial charge in [-0.15, -0.1) is 0 Å². The van der Waals surface area contributed by atoms with Crippen LogP contribution in [0.4, 0.5) is 0 Å². The number of aryl methyl sites for hydroxylation is 4. The minimum Gasteiger partial charge on any atom is -0.457 e. The highest BCUT2D eigenvalue weighted by molar-refractivity contribution is 7.91. The summed E-state index contributed by atoms with van der Waals surface area (Å²) in [7, 11) is -3.65. The quantitative estimate of drug-likeness (QED) is 0.129. The van der Waals surface area contributed by atoms with E-state index in [1.807, 2.05) is 162 Å². The van der Waals surface area contributed by atoms with Gasteiger partial charge in [-0.05, 0) is 134 Å². The minimum absolute atomic E-state index is 0.0197. The maximum absolute atomic E-state index is 13.3. The Morgan fingerprint density at radius 3 is 1.26 bits per heavy atom. The molecule has 0 saturated heterocycles. The van der Waals surface area contributed by atoms with Crippen LogP contribution in [0.3, 0.4) is 0 Å². The molecule has 0 amide bonds. The number of benzene rings is 6. The molecule has 5 nitrogen and oxygen atoms in total. The lowest BCUT2D eigenvalue weighted by molar-refractivity contribution is 0.103. The van der Waals surface area contributed by atoms with E-state index in [1.165, 1.54) is 0 Å². The second-order valence-corrected chi connectivity index (χ2v) is 15.2. The van der Waals surface area contributed by atoms with Crippen LogP contribution in [0.25, 0.3) is 0 Å². The van der Waals surface area contributed by atoms with Crippen LogP contribution in [0.1, 0.15) is 119 Å². The normalized spacial score (nSPS) is 10.4. The third-order valence-corrected chi connectivity index (χ3v) is 11.0. The molecule has 6 rings (SSSR count). The van der Waals surface area contributed by atoms with Gasteiger partial charge in [0.05, 0.1) is 9.79 Å². The summed E-state index contributed by atoms with van der Waals surface area (Å²) in [6.07, 6.45) is 0. The van der Waals surface area contributed by atoms with Gasteiger partial charge < -0.3 is 9.47 Å². The number of ketones is 1. The van der Waals surface area contributed by atoms with Crippen molar-refractivity contribution >= 4 is 15.6 Å². The van der Waals surface area contributed by atoms with E-state index in [1.54, 1.807) is 42.5 Å². The molecule has 0 heterocycles. The fourth-order valence-corrected chi connectivity index (χ4v) is 7.21. The van der Waals surface area contributed by atoms with Gasteiger partial charge in [0.15, 0.2) is 5.78 Å². The summed E-state index contributed by atoms with van der Waals surface area (Å²) in [4.78, 5) is 13.3. The molecule has 0 aromatic heterocycles. The Balaban J connectivity index is 0.00000137. The van der Waals surface area contributed by atoms with Crippen molar-refractivity contribution in [3.8, 4) is 23.0 Å². The highest BCUT2D eigenvalue weighted by Gasteiger charge is 2.24. The summed E-state index contributed by atoms with van der Waals surface area (Å²) < 4.78 is 38.8. The molecule has 0 aliphatic carbocycles. The van der Waals surface area contributed by atoms with Crippen molar-refractivity contribution in [2.45, 2.75) is 112 Å². The Kier molecular flexibility index (Phi) is 19.4. The molecule has 0 aliphatic heterocycles. The molecular weight excluding hydrogens is 737 g/mol. The lowest BCUT2D eigenvalue weighted by atomic mass is 9.78. The smallest absolute Gasteiger partial charge is 0.206 e. The van der Waals surface area contributed by atoms with Gasteiger partial charge in [0, 0.05) is 16.5 Å². The zero-order valence-corrected chi connectivity index (χ0v) is 38.0. The fraction of sp³-hybridized carbons (Fsp3) is 0.288. The number of rotatable bonds is 10. The van der Waals surface area contributed by atoms with Gasteiger partial charge in [-0.1, -0.05) is 129 Å². The minimum atomic E-state index is -3.65. The summed E-state index contributed by atoms with van der Waals surface area (Å²) in [5, 5.41) is 0. The fourth-order valence-electron chi connectivity index (χ4n) is 5.78. The molecule has 0 saturated carbocycles. The number of hydrogen-bond acceptors (Lipinski definition) is 5. The average Bonchev–Trinajstić information content (AvgIpc) is 3.26. The highest BCUT2D eigenvalue weighted by atomic mass is 32.2. The molecule has 0 radical (unpaired) electrons. The van der Waals surface area contributed by atoms with Crippen molar-refractivity contribution < 1.29 is 22.7 Å². The number of ether oxygens (including phenoxy) is 2. The molecule has 0 unspecified atom stereocenters. The van der Waals surface area contributed by atoms with Crippen LogP contribution in [0.5, 0.6) is 23.0 Å². The molecule has 6 heteroatoms. The van der Waals surface area contributed by atoms with Crippen molar-refractivity contribution in [3.63, 3.8) is 0 Å². The standard InChI is InChI=1S/C44H40O5S.4C2H6/c1-29-7-10-33(11-8-29)43(45)34-12-18-37(19-13-34)48-38-20-14-35(15-21-38)44(5,6)36-16-22-39(23-17-36)49-42-26-25-41(28-32(42)4)50(46,47)40-24-9-30(2)31(3)27-40;4*1-2/h7-28H,1-6H3;4*1-2H3. The van der Waals surface area contributed by atoms with E-state index >= 15 is 0 Å². The third-order valence-electron chi connectivity index (χ3n) is 9.29. The Morgan fingerprint density at radius 1 is 0.448 bits per heavy atom. The first-order chi connectivity index (χ1) is 27.8. The Morgan fingerprint density at radius 2 is 0.828 bits per heavy atom. The van der Waals surface area contributed by atoms with Crippen LogP contribution in [0.2, 0.25) is 0 Å². The largest absolute Gasteiger partial charge is 0.457 e. The molecule has 0 aliphatic rings. The van der Waals surface area contributed by atoms with Crippen molar-refractivity contribution in [2.24, 2.45) is 0 Å². The third kappa shape index (κ3) is 12.3. The predicted octanol–water partition coefficient (Wildman–Crippen LogP) is 15.0. The number of carbonyl (C=O) groups is 1. The second-order valence-electron chi connectivity index (χ2n) is 13.3. The van der Waals surface area contributed by atoms with Crippen LogP contribution >= 0.6 is 0 Å². The van der Waals surface area contributed by atoms with Crippen LogP contribution in [0, 0.1) is 27.7 Å². The van der Waals surface area contributed by atoms with Crippen LogP contribution in [0.15, 0.2) is 143 Å². The molecular formula is C52H64O5S. The summed E-state index contributed by atoms with van der Waals surface area (Å²) in [5.74, 6) is 2.59. The van der Waals surface area contributed by atoms with E-state index in [0.717, 1.165) is 33.4 Å².